The van der Waals surface area contributed by atoms with Crippen LogP contribution in [0.25, 0.3) is 0 Å². The molecular formula is C29H42N4O. The largest absolute Gasteiger partial charge is 0.398 e. The minimum atomic E-state index is 0.190. The molecule has 0 atom stereocenters. The van der Waals surface area contributed by atoms with Crippen LogP contribution >= 0.6 is 0 Å². The molecule has 2 aliphatic rings. The van der Waals surface area contributed by atoms with E-state index in [1.807, 2.05) is 0 Å². The number of nitrogens with two attached hydrogens (primary N) is 1. The fourth-order valence-corrected chi connectivity index (χ4v) is 5.81. The molecule has 2 aromatic carbocycles. The summed E-state index contributed by atoms with van der Waals surface area (Å²) in [4.78, 5) is 18.0. The molecule has 2 fully saturated rings. The van der Waals surface area contributed by atoms with Crippen LogP contribution in [0.15, 0.2) is 30.3 Å². The summed E-state index contributed by atoms with van der Waals surface area (Å²) in [5.41, 5.74) is 14.5. The van der Waals surface area contributed by atoms with E-state index in [0.29, 0.717) is 18.0 Å². The zero-order valence-corrected chi connectivity index (χ0v) is 21.7. The molecule has 34 heavy (non-hydrogen) atoms. The monoisotopic (exact) mass is 462 g/mol. The fourth-order valence-electron chi connectivity index (χ4n) is 5.81. The topological polar surface area (TPSA) is 61.6 Å². The Bertz CT molecular complexity index is 991. The molecule has 0 unspecified atom stereocenters. The molecule has 1 saturated heterocycles. The maximum atomic E-state index is 13.2. The van der Waals surface area contributed by atoms with Crippen molar-refractivity contribution in [3.05, 3.63) is 58.1 Å². The van der Waals surface area contributed by atoms with E-state index >= 15 is 0 Å². The highest BCUT2D eigenvalue weighted by atomic mass is 16.2. The molecule has 184 valence electrons. The summed E-state index contributed by atoms with van der Waals surface area (Å²) in [5, 5.41) is 3.45. The molecule has 5 nitrogen and oxygen atoms in total. The number of rotatable bonds is 8. The van der Waals surface area contributed by atoms with Crippen molar-refractivity contribution in [3.63, 3.8) is 0 Å². The van der Waals surface area contributed by atoms with Crippen LogP contribution in [0.3, 0.4) is 0 Å². The maximum absolute atomic E-state index is 13.2. The molecule has 0 radical (unpaired) electrons. The first-order chi connectivity index (χ1) is 16.3. The van der Waals surface area contributed by atoms with Crippen LogP contribution in [-0.2, 0) is 10.2 Å². The third-order valence-electron chi connectivity index (χ3n) is 8.52. The quantitative estimate of drug-likeness (QED) is 0.545. The number of hydrogen-bond donors (Lipinski definition) is 2. The van der Waals surface area contributed by atoms with Gasteiger partial charge in [0.15, 0.2) is 0 Å². The molecule has 2 aromatic rings. The second-order valence-electron chi connectivity index (χ2n) is 10.5. The summed E-state index contributed by atoms with van der Waals surface area (Å²) in [7, 11) is 0. The highest BCUT2D eigenvalue weighted by Gasteiger charge is 2.45. The smallest absolute Gasteiger partial charge is 0.242 e. The number of carbonyl (C=O) groups excluding carboxylic acids is 1. The Morgan fingerprint density at radius 3 is 2.15 bits per heavy atom. The number of nitrogens with one attached hydrogen (secondary N) is 1. The lowest BCUT2D eigenvalue weighted by atomic mass is 9.93. The molecule has 1 saturated carbocycles. The molecular weight excluding hydrogens is 420 g/mol. The van der Waals surface area contributed by atoms with Gasteiger partial charge in [-0.25, -0.2) is 0 Å². The molecule has 4 rings (SSSR count). The Morgan fingerprint density at radius 1 is 1.03 bits per heavy atom. The Hall–Kier alpha value is -2.53. The van der Waals surface area contributed by atoms with Crippen molar-refractivity contribution in [1.29, 1.82) is 0 Å². The van der Waals surface area contributed by atoms with Crippen LogP contribution in [0.1, 0.15) is 60.4 Å². The van der Waals surface area contributed by atoms with Crippen LogP contribution < -0.4 is 11.1 Å². The first-order valence-corrected chi connectivity index (χ1v) is 12.9. The Morgan fingerprint density at radius 2 is 1.62 bits per heavy atom. The Labute approximate surface area is 205 Å². The summed E-state index contributed by atoms with van der Waals surface area (Å²) < 4.78 is 0. The summed E-state index contributed by atoms with van der Waals surface area (Å²) >= 11 is 0. The Kier molecular flexibility index (Phi) is 7.22. The van der Waals surface area contributed by atoms with Crippen LogP contribution in [-0.4, -0.2) is 54.5 Å². The van der Waals surface area contributed by atoms with Gasteiger partial charge in [0.2, 0.25) is 5.91 Å². The van der Waals surface area contributed by atoms with Gasteiger partial charge in [0.1, 0.15) is 0 Å². The molecule has 0 bridgehead atoms. The number of amides is 1. The molecule has 1 heterocycles. The van der Waals surface area contributed by atoms with Crippen LogP contribution in [0.4, 0.5) is 11.4 Å². The van der Waals surface area contributed by atoms with Gasteiger partial charge in [-0.1, -0.05) is 30.3 Å². The zero-order valence-electron chi connectivity index (χ0n) is 21.7. The summed E-state index contributed by atoms with van der Waals surface area (Å²) in [6.45, 7) is 14.8. The third kappa shape index (κ3) is 4.81. The zero-order chi connectivity index (χ0) is 24.5. The standard InChI is InChI=1S/C29H42N4O/c1-6-33(26(34)18-31-28-22(4)20(2)27(30)21(3)23(28)5)25-12-16-32(17-13-25)19-29(14-15-29)24-10-8-7-9-11-24/h7-11,25,31H,6,12-19,30H2,1-5H3. The highest BCUT2D eigenvalue weighted by molar-refractivity contribution is 5.83. The van der Waals surface area contributed by atoms with E-state index in [-0.39, 0.29) is 5.91 Å². The van der Waals surface area contributed by atoms with Crippen LogP contribution in [0.5, 0.6) is 0 Å². The summed E-state index contributed by atoms with van der Waals surface area (Å²) in [5.74, 6) is 0.190. The molecule has 5 heteroatoms. The van der Waals surface area contributed by atoms with Crippen LogP contribution in [0.2, 0.25) is 0 Å². The fraction of sp³-hybridized carbons (Fsp3) is 0.552. The van der Waals surface area contributed by atoms with E-state index in [0.717, 1.165) is 72.6 Å². The van der Waals surface area contributed by atoms with E-state index in [1.54, 1.807) is 0 Å². The molecule has 1 amide bonds. The normalized spacial score (nSPS) is 18.0. The van der Waals surface area contributed by atoms with Crippen molar-refractivity contribution in [2.45, 2.75) is 71.8 Å². The summed E-state index contributed by atoms with van der Waals surface area (Å²) in [6.07, 6.45) is 4.71. The second-order valence-corrected chi connectivity index (χ2v) is 10.5. The minimum absolute atomic E-state index is 0.190. The number of likely N-dealkylation sites (N-methyl/N-ethyl adjacent to an activating group) is 1. The number of benzene rings is 2. The number of anilines is 2. The van der Waals surface area contributed by atoms with Crippen molar-refractivity contribution in [2.75, 3.05) is 43.8 Å². The van der Waals surface area contributed by atoms with Crippen molar-refractivity contribution < 1.29 is 4.79 Å². The lowest BCUT2D eigenvalue weighted by Crippen LogP contribution is -2.50. The molecule has 3 N–H and O–H groups in total. The van der Waals surface area contributed by atoms with E-state index < -0.39 is 0 Å². The number of likely N-dealkylation sites (tertiary alicyclic amines) is 1. The van der Waals surface area contributed by atoms with E-state index in [2.05, 4.69) is 80.1 Å². The predicted octanol–water partition coefficient (Wildman–Crippen LogP) is 4.96. The van der Waals surface area contributed by atoms with Gasteiger partial charge >= 0.3 is 0 Å². The second kappa shape index (κ2) is 9.99. The van der Waals surface area contributed by atoms with Crippen molar-refractivity contribution in [3.8, 4) is 0 Å². The van der Waals surface area contributed by atoms with Crippen molar-refractivity contribution in [1.82, 2.24) is 9.80 Å². The number of piperidine rings is 1. The first-order valence-electron chi connectivity index (χ1n) is 12.9. The van der Waals surface area contributed by atoms with Gasteiger partial charge in [-0.05, 0) is 88.1 Å². The lowest BCUT2D eigenvalue weighted by molar-refractivity contribution is -0.132. The van der Waals surface area contributed by atoms with Crippen molar-refractivity contribution >= 4 is 17.3 Å². The van der Waals surface area contributed by atoms with Gasteiger partial charge in [0, 0.05) is 49.0 Å². The van der Waals surface area contributed by atoms with Gasteiger partial charge in [0.25, 0.3) is 0 Å². The predicted molar refractivity (Wildman–Crippen MR) is 142 cm³/mol. The minimum Gasteiger partial charge on any atom is -0.398 e. The number of carbonyl (C=O) groups is 1. The van der Waals surface area contributed by atoms with E-state index in [4.69, 9.17) is 5.73 Å². The van der Waals surface area contributed by atoms with Crippen molar-refractivity contribution in [2.24, 2.45) is 0 Å². The Balaban J connectivity index is 1.33. The first kappa shape index (κ1) is 24.6. The highest BCUT2D eigenvalue weighted by Crippen LogP contribution is 2.49. The van der Waals surface area contributed by atoms with Gasteiger partial charge in [-0.3, -0.25) is 4.79 Å². The average molecular weight is 463 g/mol. The van der Waals surface area contributed by atoms with E-state index in [9.17, 15) is 4.79 Å². The van der Waals surface area contributed by atoms with Gasteiger partial charge in [-0.2, -0.15) is 0 Å². The number of nitrogen functional groups attached to an aromatic ring is 1. The SMILES string of the molecule is CCN(C(=O)CNc1c(C)c(C)c(N)c(C)c1C)C1CCN(CC2(c3ccccc3)CC2)CC1. The lowest BCUT2D eigenvalue weighted by Gasteiger charge is -2.39. The molecule has 0 spiro atoms. The maximum Gasteiger partial charge on any atom is 0.242 e. The molecule has 1 aliphatic heterocycles. The number of hydrogen-bond acceptors (Lipinski definition) is 4. The third-order valence-corrected chi connectivity index (χ3v) is 8.52. The summed E-state index contributed by atoms with van der Waals surface area (Å²) in [6, 6.07) is 11.3. The van der Waals surface area contributed by atoms with Gasteiger partial charge < -0.3 is 20.9 Å². The van der Waals surface area contributed by atoms with Gasteiger partial charge in [-0.15, -0.1) is 0 Å². The van der Waals surface area contributed by atoms with E-state index in [1.165, 1.54) is 18.4 Å². The number of nitrogens with zero attached hydrogens (tertiary/aromatic N) is 2. The molecule has 1 aliphatic carbocycles. The molecule has 0 aromatic heterocycles. The average Bonchev–Trinajstić information content (AvgIpc) is 3.64. The van der Waals surface area contributed by atoms with Crippen LogP contribution in [0, 0.1) is 27.7 Å². The van der Waals surface area contributed by atoms with Gasteiger partial charge in [0.05, 0.1) is 6.54 Å².